The summed E-state index contributed by atoms with van der Waals surface area (Å²) in [5, 5.41) is 7.94. The lowest BCUT2D eigenvalue weighted by atomic mass is 10.2. The van der Waals surface area contributed by atoms with Crippen molar-refractivity contribution in [3.05, 3.63) is 70.5 Å². The molecule has 1 heterocycles. The molecule has 0 aliphatic heterocycles. The number of halogens is 1. The third kappa shape index (κ3) is 4.52. The van der Waals surface area contributed by atoms with E-state index in [2.05, 4.69) is 10.4 Å². The van der Waals surface area contributed by atoms with Crippen molar-refractivity contribution in [3.63, 3.8) is 0 Å². The van der Waals surface area contributed by atoms with E-state index in [1.54, 1.807) is 48.2 Å². The van der Waals surface area contributed by atoms with E-state index in [9.17, 15) is 4.79 Å². The van der Waals surface area contributed by atoms with Crippen molar-refractivity contribution in [3.8, 4) is 11.4 Å². The molecule has 1 N–H and O–H groups in total. The second kappa shape index (κ2) is 8.91. The maximum atomic E-state index is 12.5. The van der Waals surface area contributed by atoms with Crippen LogP contribution in [0.15, 0.2) is 48.5 Å². The first-order valence-corrected chi connectivity index (χ1v) is 9.22. The summed E-state index contributed by atoms with van der Waals surface area (Å²) in [6, 6.07) is 14.4. The van der Waals surface area contributed by atoms with Crippen LogP contribution < -0.4 is 10.1 Å². The highest BCUT2D eigenvalue weighted by Gasteiger charge is 2.12. The quantitative estimate of drug-likeness (QED) is 0.597. The Hall–Kier alpha value is -2.83. The Labute approximate surface area is 169 Å². The van der Waals surface area contributed by atoms with Gasteiger partial charge in [0.1, 0.15) is 12.4 Å². The van der Waals surface area contributed by atoms with Crippen LogP contribution in [0.5, 0.6) is 5.75 Å². The van der Waals surface area contributed by atoms with Crippen LogP contribution >= 0.6 is 11.6 Å². The first-order valence-electron chi connectivity index (χ1n) is 8.85. The molecule has 146 valence electrons. The van der Waals surface area contributed by atoms with Gasteiger partial charge in [0.2, 0.25) is 0 Å². The molecule has 0 radical (unpaired) electrons. The van der Waals surface area contributed by atoms with Crippen molar-refractivity contribution in [2.75, 3.05) is 25.6 Å². The first-order chi connectivity index (χ1) is 13.5. The minimum Gasteiger partial charge on any atom is -0.491 e. The number of nitrogens with one attached hydrogen (secondary N) is 1. The number of nitrogens with zero attached hydrogens (tertiary/aromatic N) is 2. The summed E-state index contributed by atoms with van der Waals surface area (Å²) in [6.45, 7) is 4.78. The Bertz CT molecular complexity index is 950. The minimum atomic E-state index is -0.189. The molecule has 1 aromatic heterocycles. The fourth-order valence-electron chi connectivity index (χ4n) is 2.71. The molecule has 0 saturated carbocycles. The summed E-state index contributed by atoms with van der Waals surface area (Å²) >= 11 is 6.20. The Morgan fingerprint density at radius 3 is 2.32 bits per heavy atom. The van der Waals surface area contributed by atoms with Gasteiger partial charge in [-0.25, -0.2) is 4.68 Å². The van der Waals surface area contributed by atoms with Gasteiger partial charge >= 0.3 is 0 Å². The molecule has 6 nitrogen and oxygen atoms in total. The lowest BCUT2D eigenvalue weighted by Crippen LogP contribution is -2.12. The summed E-state index contributed by atoms with van der Waals surface area (Å²) < 4.78 is 12.2. The van der Waals surface area contributed by atoms with E-state index in [1.807, 2.05) is 26.0 Å². The topological polar surface area (TPSA) is 65.4 Å². The van der Waals surface area contributed by atoms with Crippen molar-refractivity contribution >= 4 is 23.2 Å². The van der Waals surface area contributed by atoms with Crippen molar-refractivity contribution in [2.45, 2.75) is 13.8 Å². The lowest BCUT2D eigenvalue weighted by molar-refractivity contribution is 0.102. The van der Waals surface area contributed by atoms with Crippen molar-refractivity contribution in [1.29, 1.82) is 0 Å². The zero-order chi connectivity index (χ0) is 20.1. The van der Waals surface area contributed by atoms with Gasteiger partial charge in [0.25, 0.3) is 5.91 Å². The molecule has 1 amide bonds. The van der Waals surface area contributed by atoms with E-state index in [0.717, 1.165) is 22.8 Å². The Balaban J connectivity index is 1.65. The molecular formula is C21H22ClN3O3. The predicted molar refractivity (Wildman–Crippen MR) is 110 cm³/mol. The molecule has 3 rings (SSSR count). The van der Waals surface area contributed by atoms with Crippen molar-refractivity contribution < 1.29 is 14.3 Å². The zero-order valence-electron chi connectivity index (χ0n) is 16.0. The maximum Gasteiger partial charge on any atom is 0.255 e. The van der Waals surface area contributed by atoms with Crippen LogP contribution in [0.1, 0.15) is 21.7 Å². The van der Waals surface area contributed by atoms with Gasteiger partial charge in [0.05, 0.1) is 28.7 Å². The second-order valence-corrected chi connectivity index (χ2v) is 6.64. The number of carbonyl (C=O) groups is 1. The number of aryl methyl sites for hydroxylation is 1. The van der Waals surface area contributed by atoms with Crippen LogP contribution in [-0.4, -0.2) is 36.0 Å². The number of hydrogen-bond acceptors (Lipinski definition) is 4. The molecule has 28 heavy (non-hydrogen) atoms. The molecule has 2 aromatic carbocycles. The Morgan fingerprint density at radius 2 is 1.75 bits per heavy atom. The van der Waals surface area contributed by atoms with E-state index in [1.165, 1.54) is 0 Å². The van der Waals surface area contributed by atoms with Crippen molar-refractivity contribution in [2.24, 2.45) is 0 Å². The molecule has 0 atom stereocenters. The summed E-state index contributed by atoms with van der Waals surface area (Å²) in [5.41, 5.74) is 3.73. The highest BCUT2D eigenvalue weighted by atomic mass is 35.5. The van der Waals surface area contributed by atoms with Gasteiger partial charge in [-0.05, 0) is 62.4 Å². The summed E-state index contributed by atoms with van der Waals surface area (Å²) in [4.78, 5) is 12.5. The number of anilines is 1. The van der Waals surface area contributed by atoms with E-state index < -0.39 is 0 Å². The molecule has 7 heteroatoms. The third-order valence-electron chi connectivity index (χ3n) is 4.25. The highest BCUT2D eigenvalue weighted by molar-refractivity contribution is 6.31. The van der Waals surface area contributed by atoms with E-state index >= 15 is 0 Å². The van der Waals surface area contributed by atoms with Gasteiger partial charge in [-0.3, -0.25) is 4.79 Å². The number of aromatic nitrogens is 2. The number of benzene rings is 2. The molecule has 0 aliphatic rings. The summed E-state index contributed by atoms with van der Waals surface area (Å²) in [6.07, 6.45) is 0. The van der Waals surface area contributed by atoms with E-state index in [0.29, 0.717) is 29.5 Å². The minimum absolute atomic E-state index is 0.189. The smallest absolute Gasteiger partial charge is 0.255 e. The number of amides is 1. The van der Waals surface area contributed by atoms with Crippen LogP contribution in [0.25, 0.3) is 5.69 Å². The maximum absolute atomic E-state index is 12.5. The average Bonchev–Trinajstić information content (AvgIpc) is 2.97. The first kappa shape index (κ1) is 19.9. The Morgan fingerprint density at radius 1 is 1.07 bits per heavy atom. The van der Waals surface area contributed by atoms with Crippen LogP contribution in [-0.2, 0) is 4.74 Å². The fraction of sp³-hybridized carbons (Fsp3) is 0.238. The van der Waals surface area contributed by atoms with Gasteiger partial charge in [-0.15, -0.1) is 0 Å². The van der Waals surface area contributed by atoms with Crippen LogP contribution in [0.3, 0.4) is 0 Å². The SMILES string of the molecule is COCCOc1ccc(NC(=O)c2ccc(-n3nc(C)c(Cl)c3C)cc2)cc1. The zero-order valence-corrected chi connectivity index (χ0v) is 16.8. The second-order valence-electron chi connectivity index (χ2n) is 6.26. The largest absolute Gasteiger partial charge is 0.491 e. The van der Waals surface area contributed by atoms with Crippen molar-refractivity contribution in [1.82, 2.24) is 9.78 Å². The molecule has 0 aliphatic carbocycles. The van der Waals surface area contributed by atoms with E-state index in [-0.39, 0.29) is 5.91 Å². The third-order valence-corrected chi connectivity index (χ3v) is 4.79. The average molecular weight is 400 g/mol. The molecule has 0 unspecified atom stereocenters. The van der Waals surface area contributed by atoms with Gasteiger partial charge in [0.15, 0.2) is 0 Å². The normalized spacial score (nSPS) is 10.7. The molecule has 0 bridgehead atoms. The molecule has 3 aromatic rings. The fourth-order valence-corrected chi connectivity index (χ4v) is 2.83. The van der Waals surface area contributed by atoms with Gasteiger partial charge in [-0.2, -0.15) is 5.10 Å². The van der Waals surface area contributed by atoms with Gasteiger partial charge in [-0.1, -0.05) is 11.6 Å². The summed E-state index contributed by atoms with van der Waals surface area (Å²) in [5.74, 6) is 0.536. The number of methoxy groups -OCH3 is 1. The molecule has 0 fully saturated rings. The Kier molecular flexibility index (Phi) is 6.34. The predicted octanol–water partition coefficient (Wildman–Crippen LogP) is 4.42. The van der Waals surface area contributed by atoms with Gasteiger partial charge < -0.3 is 14.8 Å². The summed E-state index contributed by atoms with van der Waals surface area (Å²) in [7, 11) is 1.63. The number of rotatable bonds is 7. The lowest BCUT2D eigenvalue weighted by Gasteiger charge is -2.09. The van der Waals surface area contributed by atoms with Gasteiger partial charge in [0, 0.05) is 18.4 Å². The number of hydrogen-bond donors (Lipinski definition) is 1. The van der Waals surface area contributed by atoms with E-state index in [4.69, 9.17) is 21.1 Å². The molecule has 0 saturated heterocycles. The number of ether oxygens (including phenoxy) is 2. The van der Waals surface area contributed by atoms with Crippen LogP contribution in [0, 0.1) is 13.8 Å². The highest BCUT2D eigenvalue weighted by Crippen LogP contribution is 2.23. The number of carbonyl (C=O) groups excluding carboxylic acids is 1. The van der Waals surface area contributed by atoms with Crippen LogP contribution in [0.4, 0.5) is 5.69 Å². The standard InChI is InChI=1S/C21H22ClN3O3/c1-14-20(22)15(2)25(24-14)18-8-4-16(5-9-18)21(26)23-17-6-10-19(11-7-17)28-13-12-27-3/h4-11H,12-13H2,1-3H3,(H,23,26). The molecule has 0 spiro atoms. The van der Waals surface area contributed by atoms with Crippen LogP contribution in [0.2, 0.25) is 5.02 Å². The monoisotopic (exact) mass is 399 g/mol. The molecular weight excluding hydrogens is 378 g/mol.